The molecule has 3 rings (SSSR count). The predicted octanol–water partition coefficient (Wildman–Crippen LogP) is 1.25. The molecule has 9 nitrogen and oxygen atoms in total. The Balaban J connectivity index is 1.53. The molecule has 1 aromatic carbocycles. The van der Waals surface area contributed by atoms with Gasteiger partial charge in [-0.15, -0.1) is 0 Å². The van der Waals surface area contributed by atoms with E-state index < -0.39 is 12.1 Å². The number of aromatic amines is 1. The van der Waals surface area contributed by atoms with Crippen molar-refractivity contribution in [2.24, 2.45) is 0 Å². The van der Waals surface area contributed by atoms with Crippen LogP contribution >= 0.6 is 0 Å². The third kappa shape index (κ3) is 4.08. The maximum Gasteiger partial charge on any atom is 0.329 e. The fourth-order valence-electron chi connectivity index (χ4n) is 2.81. The van der Waals surface area contributed by atoms with Crippen LogP contribution in [0.15, 0.2) is 30.5 Å². The molecule has 9 heteroatoms. The minimum atomic E-state index is -0.721. The van der Waals surface area contributed by atoms with Gasteiger partial charge in [0, 0.05) is 24.2 Å². The first kappa shape index (κ1) is 18.4. The van der Waals surface area contributed by atoms with E-state index in [0.717, 1.165) is 16.2 Å². The van der Waals surface area contributed by atoms with Gasteiger partial charge in [0.25, 0.3) is 5.91 Å². The lowest BCUT2D eigenvalue weighted by molar-refractivity contribution is -0.122. The summed E-state index contributed by atoms with van der Waals surface area (Å²) in [6.07, 6.45) is 2.01. The summed E-state index contributed by atoms with van der Waals surface area (Å²) >= 11 is 0. The van der Waals surface area contributed by atoms with Crippen LogP contribution in [0.25, 0.3) is 0 Å². The Morgan fingerprint density at radius 3 is 2.67 bits per heavy atom. The zero-order valence-corrected chi connectivity index (χ0v) is 15.1. The number of hydrogen-bond acceptors (Lipinski definition) is 5. The molecule has 1 aliphatic heterocycles. The number of aromatic nitrogens is 2. The Hall–Kier alpha value is -3.36. The van der Waals surface area contributed by atoms with E-state index in [0.29, 0.717) is 18.0 Å². The van der Waals surface area contributed by atoms with E-state index >= 15 is 0 Å². The normalized spacial score (nSPS) is 16.4. The van der Waals surface area contributed by atoms with Crippen molar-refractivity contribution in [1.29, 1.82) is 0 Å². The quantitative estimate of drug-likeness (QED) is 0.634. The number of rotatable bonds is 7. The van der Waals surface area contributed by atoms with Gasteiger partial charge in [-0.25, -0.2) is 9.69 Å². The maximum absolute atomic E-state index is 12.5. The van der Waals surface area contributed by atoms with Gasteiger partial charge >= 0.3 is 6.03 Å². The first-order valence-corrected chi connectivity index (χ1v) is 8.53. The number of urea groups is 1. The lowest BCUT2D eigenvalue weighted by Gasteiger charge is -2.13. The molecule has 2 heterocycles. The summed E-state index contributed by atoms with van der Waals surface area (Å²) < 4.78 is 5.07. The molecule has 0 bridgehead atoms. The number of nitrogens with zero attached hydrogens (tertiary/aromatic N) is 2. The highest BCUT2D eigenvalue weighted by Gasteiger charge is 2.38. The summed E-state index contributed by atoms with van der Waals surface area (Å²) in [6.45, 7) is 2.24. The first-order valence-electron chi connectivity index (χ1n) is 8.53. The number of methoxy groups -OCH3 is 1. The molecule has 142 valence electrons. The second-order valence-electron chi connectivity index (χ2n) is 6.21. The highest BCUT2D eigenvalue weighted by molar-refractivity contribution is 6.21. The molecule has 1 aliphatic rings. The number of benzene rings is 1. The summed E-state index contributed by atoms with van der Waals surface area (Å²) in [5.41, 5.74) is 2.25. The smallest absolute Gasteiger partial charge is 0.329 e. The molecule has 2 aromatic rings. The Morgan fingerprint density at radius 1 is 1.30 bits per heavy atom. The second kappa shape index (κ2) is 7.90. The van der Waals surface area contributed by atoms with Crippen molar-refractivity contribution >= 4 is 23.5 Å². The lowest BCUT2D eigenvalue weighted by Crippen LogP contribution is -2.32. The van der Waals surface area contributed by atoms with Gasteiger partial charge in [-0.3, -0.25) is 14.7 Å². The molecule has 1 fully saturated rings. The van der Waals surface area contributed by atoms with Gasteiger partial charge in [0.05, 0.1) is 19.0 Å². The van der Waals surface area contributed by atoms with Crippen molar-refractivity contribution in [3.05, 3.63) is 41.7 Å². The molecule has 4 amide bonds. The largest absolute Gasteiger partial charge is 0.497 e. The van der Waals surface area contributed by atoms with Crippen LogP contribution in [-0.2, 0) is 16.1 Å². The lowest BCUT2D eigenvalue weighted by atomic mass is 10.1. The molecular formula is C18H21N5O4. The number of amides is 4. The fraction of sp³-hybridized carbons (Fsp3) is 0.333. The van der Waals surface area contributed by atoms with Crippen molar-refractivity contribution in [3.8, 4) is 5.75 Å². The highest BCUT2D eigenvalue weighted by Crippen LogP contribution is 2.23. The van der Waals surface area contributed by atoms with Crippen LogP contribution < -0.4 is 20.3 Å². The van der Waals surface area contributed by atoms with Crippen LogP contribution in [0.4, 0.5) is 10.5 Å². The number of aryl methyl sites for hydroxylation is 1. The topological polar surface area (TPSA) is 116 Å². The minimum absolute atomic E-state index is 0.129. The number of nitrogens with one attached hydrogen (secondary N) is 3. The Kier molecular flexibility index (Phi) is 5.39. The Labute approximate surface area is 156 Å². The summed E-state index contributed by atoms with van der Waals surface area (Å²) in [5.74, 6) is 0.0658. The van der Waals surface area contributed by atoms with E-state index in [1.807, 2.05) is 6.92 Å². The zero-order valence-electron chi connectivity index (χ0n) is 15.1. The highest BCUT2D eigenvalue weighted by atomic mass is 16.5. The van der Waals surface area contributed by atoms with Crippen LogP contribution in [0.1, 0.15) is 24.1 Å². The maximum atomic E-state index is 12.5. The van der Waals surface area contributed by atoms with Gasteiger partial charge in [-0.1, -0.05) is 0 Å². The van der Waals surface area contributed by atoms with Crippen molar-refractivity contribution < 1.29 is 19.1 Å². The molecule has 0 spiro atoms. The summed E-state index contributed by atoms with van der Waals surface area (Å²) in [7, 11) is 1.54. The van der Waals surface area contributed by atoms with Gasteiger partial charge in [-0.05, 0) is 37.6 Å². The monoisotopic (exact) mass is 371 g/mol. The van der Waals surface area contributed by atoms with E-state index in [1.54, 1.807) is 30.5 Å². The number of ether oxygens (including phenoxy) is 1. The van der Waals surface area contributed by atoms with Crippen molar-refractivity contribution in [1.82, 2.24) is 20.8 Å². The molecule has 0 saturated carbocycles. The van der Waals surface area contributed by atoms with Gasteiger partial charge in [-0.2, -0.15) is 5.10 Å². The number of imide groups is 1. The van der Waals surface area contributed by atoms with E-state index in [2.05, 4.69) is 20.8 Å². The molecule has 0 aliphatic carbocycles. The molecule has 1 aromatic heterocycles. The SMILES string of the molecule is COc1ccc(N2C(=O)N[C@H](CCC(=O)NCc3cn[nH]c3C)C2=O)cc1. The summed E-state index contributed by atoms with van der Waals surface area (Å²) in [6, 6.07) is 5.41. The standard InChI is InChI=1S/C18H21N5O4/c1-11-12(10-20-22-11)9-19-16(24)8-7-15-17(25)23(18(26)21-15)13-3-5-14(27-2)6-4-13/h3-6,10,15H,7-9H2,1-2H3,(H,19,24)(H,20,22)(H,21,26)/t15-/m1/s1. The Morgan fingerprint density at radius 2 is 2.04 bits per heavy atom. The van der Waals surface area contributed by atoms with Crippen LogP contribution in [-0.4, -0.2) is 41.2 Å². The Bertz CT molecular complexity index is 846. The van der Waals surface area contributed by atoms with Crippen molar-refractivity contribution in [2.75, 3.05) is 12.0 Å². The van der Waals surface area contributed by atoms with Crippen LogP contribution in [0.3, 0.4) is 0 Å². The van der Waals surface area contributed by atoms with Crippen LogP contribution in [0.5, 0.6) is 5.75 Å². The number of carbonyl (C=O) groups is 3. The van der Waals surface area contributed by atoms with Crippen LogP contribution in [0, 0.1) is 6.92 Å². The van der Waals surface area contributed by atoms with Gasteiger partial charge in [0.15, 0.2) is 0 Å². The molecule has 1 saturated heterocycles. The average Bonchev–Trinajstić information content (AvgIpc) is 3.20. The summed E-state index contributed by atoms with van der Waals surface area (Å²) in [5, 5.41) is 12.1. The van der Waals surface area contributed by atoms with E-state index in [9.17, 15) is 14.4 Å². The summed E-state index contributed by atoms with van der Waals surface area (Å²) in [4.78, 5) is 37.8. The van der Waals surface area contributed by atoms with E-state index in [-0.39, 0.29) is 24.7 Å². The molecule has 0 radical (unpaired) electrons. The van der Waals surface area contributed by atoms with E-state index in [1.165, 1.54) is 7.11 Å². The first-order chi connectivity index (χ1) is 13.0. The zero-order chi connectivity index (χ0) is 19.4. The van der Waals surface area contributed by atoms with Crippen LogP contribution in [0.2, 0.25) is 0 Å². The number of H-pyrrole nitrogens is 1. The van der Waals surface area contributed by atoms with Gasteiger partial charge < -0.3 is 15.4 Å². The second-order valence-corrected chi connectivity index (χ2v) is 6.21. The molecule has 3 N–H and O–H groups in total. The van der Waals surface area contributed by atoms with Crippen molar-refractivity contribution in [2.45, 2.75) is 32.4 Å². The number of hydrogen-bond donors (Lipinski definition) is 3. The number of carbonyl (C=O) groups excluding carboxylic acids is 3. The third-order valence-electron chi connectivity index (χ3n) is 4.42. The average molecular weight is 371 g/mol. The molecule has 0 unspecified atom stereocenters. The molecular weight excluding hydrogens is 350 g/mol. The van der Waals surface area contributed by atoms with E-state index in [4.69, 9.17) is 4.74 Å². The van der Waals surface area contributed by atoms with Gasteiger partial charge in [0.2, 0.25) is 5.91 Å². The number of anilines is 1. The predicted molar refractivity (Wildman–Crippen MR) is 97.2 cm³/mol. The van der Waals surface area contributed by atoms with Crippen molar-refractivity contribution in [3.63, 3.8) is 0 Å². The molecule has 1 atom stereocenters. The fourth-order valence-corrected chi connectivity index (χ4v) is 2.81. The third-order valence-corrected chi connectivity index (χ3v) is 4.42. The van der Waals surface area contributed by atoms with Gasteiger partial charge in [0.1, 0.15) is 11.8 Å². The minimum Gasteiger partial charge on any atom is -0.497 e. The molecule has 27 heavy (non-hydrogen) atoms.